The summed E-state index contributed by atoms with van der Waals surface area (Å²) in [6.45, 7) is 8.86. The number of likely N-dealkylation sites (N-methyl/N-ethyl adjacent to an activating group) is 1. The number of anilines is 1. The van der Waals surface area contributed by atoms with Gasteiger partial charge in [-0.2, -0.15) is 0 Å². The molecule has 1 fully saturated rings. The maximum absolute atomic E-state index is 14.2. The van der Waals surface area contributed by atoms with Crippen LogP contribution >= 0.6 is 12.6 Å². The molecular formula is C24H35F2N3OS. The van der Waals surface area contributed by atoms with Crippen LogP contribution in [0.15, 0.2) is 40.3 Å². The first kappa shape index (κ1) is 25.6. The minimum atomic E-state index is -2.99. The van der Waals surface area contributed by atoms with Crippen molar-refractivity contribution >= 4 is 24.2 Å². The van der Waals surface area contributed by atoms with Crippen molar-refractivity contribution < 1.29 is 13.6 Å². The molecule has 1 aromatic carbocycles. The average Bonchev–Trinajstić information content (AvgIpc) is 3.13. The lowest BCUT2D eigenvalue weighted by molar-refractivity contribution is -0.112. The second kappa shape index (κ2) is 10.7. The van der Waals surface area contributed by atoms with E-state index < -0.39 is 5.92 Å². The molecule has 7 heteroatoms. The zero-order valence-electron chi connectivity index (χ0n) is 19.4. The lowest BCUT2D eigenvalue weighted by Gasteiger charge is -2.22. The standard InChI is InChI=1S/C24H35F2N3OS/c1-7-21(16(3)31)22(8-2)23(30)27-19-12-17(11-18(13-19)24(4,25)26)14-29-10-9-20(15-29)28(5)6/h8,11-13,20,31H,7,9-10,14-15H2,1-6H3,(H,27,30)/b21-16-,22-8+/t20-/m0/s1. The third-order valence-electron chi connectivity index (χ3n) is 5.79. The molecule has 1 aliphatic rings. The lowest BCUT2D eigenvalue weighted by atomic mass is 10.0. The van der Waals surface area contributed by atoms with Gasteiger partial charge >= 0.3 is 0 Å². The Hall–Kier alpha value is -1.70. The molecule has 1 atom stereocenters. The number of allylic oxidation sites excluding steroid dienone is 2. The Bertz CT molecular complexity index is 855. The van der Waals surface area contributed by atoms with Crippen LogP contribution in [0.3, 0.4) is 0 Å². The molecule has 4 nitrogen and oxygen atoms in total. The summed E-state index contributed by atoms with van der Waals surface area (Å²) in [7, 11) is 4.12. The Morgan fingerprint density at radius 2 is 2.03 bits per heavy atom. The molecule has 1 saturated heterocycles. The number of carbonyl (C=O) groups is 1. The molecule has 0 aromatic heterocycles. The Kier molecular flexibility index (Phi) is 8.86. The fourth-order valence-corrected chi connectivity index (χ4v) is 4.30. The average molecular weight is 452 g/mol. The maximum atomic E-state index is 14.2. The van der Waals surface area contributed by atoms with Crippen LogP contribution in [0.1, 0.15) is 51.7 Å². The molecule has 1 aromatic rings. The van der Waals surface area contributed by atoms with Crippen molar-refractivity contribution in [2.75, 3.05) is 32.5 Å². The minimum absolute atomic E-state index is 0.0951. The van der Waals surface area contributed by atoms with Crippen molar-refractivity contribution in [3.63, 3.8) is 0 Å². The number of nitrogens with one attached hydrogen (secondary N) is 1. The summed E-state index contributed by atoms with van der Waals surface area (Å²) in [5.74, 6) is -3.31. The molecule has 0 aliphatic carbocycles. The smallest absolute Gasteiger partial charge is 0.270 e. The summed E-state index contributed by atoms with van der Waals surface area (Å²) >= 11 is 4.39. The highest BCUT2D eigenvalue weighted by Crippen LogP contribution is 2.31. The van der Waals surface area contributed by atoms with Crippen molar-refractivity contribution in [1.82, 2.24) is 9.80 Å². The second-order valence-corrected chi connectivity index (χ2v) is 9.19. The van der Waals surface area contributed by atoms with Gasteiger partial charge in [-0.1, -0.05) is 13.0 Å². The van der Waals surface area contributed by atoms with Gasteiger partial charge in [-0.15, -0.1) is 12.6 Å². The Labute approximate surface area is 190 Å². The van der Waals surface area contributed by atoms with Crippen LogP contribution in [0.2, 0.25) is 0 Å². The van der Waals surface area contributed by atoms with Crippen molar-refractivity contribution in [1.29, 1.82) is 0 Å². The number of likely N-dealkylation sites (tertiary alicyclic amines) is 1. The molecule has 2 rings (SSSR count). The van der Waals surface area contributed by atoms with E-state index in [1.807, 2.05) is 13.8 Å². The van der Waals surface area contributed by atoms with E-state index in [9.17, 15) is 13.6 Å². The molecule has 0 saturated carbocycles. The van der Waals surface area contributed by atoms with Gasteiger partial charge in [-0.3, -0.25) is 9.69 Å². The first-order chi connectivity index (χ1) is 14.5. The van der Waals surface area contributed by atoms with Gasteiger partial charge in [-0.05, 0) is 75.0 Å². The van der Waals surface area contributed by atoms with Crippen LogP contribution in [0.4, 0.5) is 14.5 Å². The monoisotopic (exact) mass is 451 g/mol. The van der Waals surface area contributed by atoms with Gasteiger partial charge in [0.2, 0.25) is 0 Å². The first-order valence-corrected chi connectivity index (χ1v) is 11.2. The van der Waals surface area contributed by atoms with Crippen LogP contribution in [-0.4, -0.2) is 48.9 Å². The molecular weight excluding hydrogens is 416 g/mol. The van der Waals surface area contributed by atoms with Gasteiger partial charge in [0.15, 0.2) is 0 Å². The zero-order chi connectivity index (χ0) is 23.3. The maximum Gasteiger partial charge on any atom is 0.270 e. The molecule has 0 spiro atoms. The molecule has 1 aliphatic heterocycles. The van der Waals surface area contributed by atoms with Gasteiger partial charge in [0.25, 0.3) is 11.8 Å². The number of rotatable bonds is 8. The summed E-state index contributed by atoms with van der Waals surface area (Å²) in [6, 6.07) is 5.18. The number of hydrogen-bond acceptors (Lipinski definition) is 4. The van der Waals surface area contributed by atoms with E-state index in [0.29, 0.717) is 30.3 Å². The largest absolute Gasteiger partial charge is 0.322 e. The Morgan fingerprint density at radius 3 is 2.52 bits per heavy atom. The van der Waals surface area contributed by atoms with Crippen molar-refractivity contribution in [2.24, 2.45) is 0 Å². The van der Waals surface area contributed by atoms with E-state index in [1.165, 1.54) is 6.07 Å². The Morgan fingerprint density at radius 1 is 1.35 bits per heavy atom. The molecule has 31 heavy (non-hydrogen) atoms. The number of thiol groups is 1. The van der Waals surface area contributed by atoms with Crippen molar-refractivity contribution in [3.05, 3.63) is 51.5 Å². The van der Waals surface area contributed by atoms with Crippen molar-refractivity contribution in [2.45, 2.75) is 59.0 Å². The van der Waals surface area contributed by atoms with Crippen LogP contribution in [0, 0.1) is 0 Å². The summed E-state index contributed by atoms with van der Waals surface area (Å²) in [5, 5.41) is 2.83. The topological polar surface area (TPSA) is 35.6 Å². The third kappa shape index (κ3) is 6.89. The molecule has 0 unspecified atom stereocenters. The van der Waals surface area contributed by atoms with Gasteiger partial charge in [0, 0.05) is 49.4 Å². The van der Waals surface area contributed by atoms with Crippen LogP contribution in [0.5, 0.6) is 0 Å². The molecule has 0 bridgehead atoms. The first-order valence-electron chi connectivity index (χ1n) is 10.7. The summed E-state index contributed by atoms with van der Waals surface area (Å²) in [4.78, 5) is 18.2. The summed E-state index contributed by atoms with van der Waals surface area (Å²) in [6.07, 6.45) is 3.45. The predicted molar refractivity (Wildman–Crippen MR) is 128 cm³/mol. The highest BCUT2D eigenvalue weighted by molar-refractivity contribution is 7.84. The third-order valence-corrected chi connectivity index (χ3v) is 6.06. The quantitative estimate of drug-likeness (QED) is 0.314. The number of benzene rings is 1. The second-order valence-electron chi connectivity index (χ2n) is 8.52. The molecule has 0 radical (unpaired) electrons. The highest BCUT2D eigenvalue weighted by Gasteiger charge is 2.28. The van der Waals surface area contributed by atoms with Gasteiger partial charge in [0.05, 0.1) is 0 Å². The van der Waals surface area contributed by atoms with E-state index in [2.05, 4.69) is 41.8 Å². The van der Waals surface area contributed by atoms with Crippen LogP contribution < -0.4 is 5.32 Å². The number of carbonyl (C=O) groups excluding carboxylic acids is 1. The predicted octanol–water partition coefficient (Wildman–Crippen LogP) is 5.43. The molecule has 1 N–H and O–H groups in total. The Balaban J connectivity index is 2.30. The van der Waals surface area contributed by atoms with Crippen LogP contribution in [-0.2, 0) is 17.3 Å². The SMILES string of the molecule is C/C=C(C(=O)Nc1cc(CN2CC[C@H](N(C)C)C2)cc(C(C)(F)F)c1)\C(CC)=C(\C)S. The highest BCUT2D eigenvalue weighted by atomic mass is 32.1. The number of halogens is 2. The molecule has 1 heterocycles. The van der Waals surface area contributed by atoms with Gasteiger partial charge < -0.3 is 10.2 Å². The summed E-state index contributed by atoms with van der Waals surface area (Å²) in [5.41, 5.74) is 2.41. The fraction of sp³-hybridized carbons (Fsp3) is 0.542. The minimum Gasteiger partial charge on any atom is -0.322 e. The summed E-state index contributed by atoms with van der Waals surface area (Å²) < 4.78 is 28.4. The van der Waals surface area contributed by atoms with Crippen molar-refractivity contribution in [3.8, 4) is 0 Å². The zero-order valence-corrected chi connectivity index (χ0v) is 20.3. The number of amides is 1. The van der Waals surface area contributed by atoms with E-state index in [1.54, 1.807) is 25.1 Å². The van der Waals surface area contributed by atoms with E-state index >= 15 is 0 Å². The normalized spacial score (nSPS) is 19.0. The molecule has 172 valence electrons. The van der Waals surface area contributed by atoms with E-state index in [0.717, 1.165) is 42.5 Å². The van der Waals surface area contributed by atoms with E-state index in [4.69, 9.17) is 0 Å². The van der Waals surface area contributed by atoms with Crippen LogP contribution in [0.25, 0.3) is 0 Å². The molecule has 1 amide bonds. The number of nitrogens with zero attached hydrogens (tertiary/aromatic N) is 2. The van der Waals surface area contributed by atoms with Gasteiger partial charge in [0.1, 0.15) is 0 Å². The lowest BCUT2D eigenvalue weighted by Crippen LogP contribution is -2.31. The number of hydrogen-bond donors (Lipinski definition) is 2. The fourth-order valence-electron chi connectivity index (χ4n) is 4.03. The van der Waals surface area contributed by atoms with Gasteiger partial charge in [-0.25, -0.2) is 8.78 Å². The number of alkyl halides is 2. The van der Waals surface area contributed by atoms with E-state index in [-0.39, 0.29) is 11.5 Å².